The average Bonchev–Trinajstić information content (AvgIpc) is 2.55. The number of aliphatic hydroxyl groups is 1. The number of guanidine groups is 1. The number of nitrogens with one attached hydrogen (secondary N) is 1. The summed E-state index contributed by atoms with van der Waals surface area (Å²) in [5, 5.41) is 11.8. The molecule has 0 bridgehead atoms. The van der Waals surface area contributed by atoms with Gasteiger partial charge in [0.2, 0.25) is 0 Å². The molecule has 0 saturated carbocycles. The Balaban J connectivity index is 0.00000484. The minimum atomic E-state index is 0. The lowest BCUT2D eigenvalue weighted by atomic mass is 10.2. The molecule has 4 N–H and O–H groups in total. The van der Waals surface area contributed by atoms with Gasteiger partial charge in [0.05, 0.1) is 20.8 Å². The fourth-order valence-electron chi connectivity index (χ4n) is 2.02. The molecule has 0 aliphatic heterocycles. The summed E-state index contributed by atoms with van der Waals surface area (Å²) in [6, 6.07) is 5.69. The van der Waals surface area contributed by atoms with Crippen molar-refractivity contribution in [3.05, 3.63) is 23.8 Å². The van der Waals surface area contributed by atoms with E-state index in [4.69, 9.17) is 20.3 Å². The topological polar surface area (TPSA) is 89.1 Å². The van der Waals surface area contributed by atoms with E-state index in [1.807, 2.05) is 18.2 Å². The molecule has 0 unspecified atom stereocenters. The van der Waals surface area contributed by atoms with Crippen LogP contribution in [0.4, 0.5) is 0 Å². The SMILES string of the molecule is COc1ccc(CN=C(N)NCCCCCCO)cc1OC.I. The van der Waals surface area contributed by atoms with Crippen LogP contribution in [0.25, 0.3) is 0 Å². The molecule has 0 aromatic heterocycles. The molecule has 0 saturated heterocycles. The number of ether oxygens (including phenoxy) is 2. The molecule has 0 fully saturated rings. The molecule has 0 amide bonds. The van der Waals surface area contributed by atoms with Crippen LogP contribution in [-0.4, -0.2) is 38.4 Å². The number of halogens is 1. The Bertz CT molecular complexity index is 470. The van der Waals surface area contributed by atoms with Gasteiger partial charge in [0.15, 0.2) is 17.5 Å². The van der Waals surface area contributed by atoms with Crippen LogP contribution in [0.3, 0.4) is 0 Å². The molecular formula is C16H28IN3O3. The van der Waals surface area contributed by atoms with E-state index in [1.54, 1.807) is 14.2 Å². The first-order valence-electron chi connectivity index (χ1n) is 7.56. The van der Waals surface area contributed by atoms with Gasteiger partial charge in [-0.3, -0.25) is 0 Å². The zero-order valence-corrected chi connectivity index (χ0v) is 16.2. The number of methoxy groups -OCH3 is 2. The van der Waals surface area contributed by atoms with Gasteiger partial charge in [0.25, 0.3) is 0 Å². The van der Waals surface area contributed by atoms with Crippen molar-refractivity contribution in [2.75, 3.05) is 27.4 Å². The predicted molar refractivity (Wildman–Crippen MR) is 104 cm³/mol. The van der Waals surface area contributed by atoms with Crippen LogP contribution >= 0.6 is 24.0 Å². The van der Waals surface area contributed by atoms with Crippen molar-refractivity contribution >= 4 is 29.9 Å². The van der Waals surface area contributed by atoms with Crippen molar-refractivity contribution < 1.29 is 14.6 Å². The molecule has 0 atom stereocenters. The molecule has 0 aliphatic rings. The van der Waals surface area contributed by atoms with Gasteiger partial charge in [-0.2, -0.15) is 0 Å². The van der Waals surface area contributed by atoms with Gasteiger partial charge in [-0.15, -0.1) is 24.0 Å². The van der Waals surface area contributed by atoms with Crippen molar-refractivity contribution in [1.29, 1.82) is 0 Å². The fraction of sp³-hybridized carbons (Fsp3) is 0.562. The predicted octanol–water partition coefficient (Wildman–Crippen LogP) is 2.28. The smallest absolute Gasteiger partial charge is 0.188 e. The summed E-state index contributed by atoms with van der Waals surface area (Å²) < 4.78 is 10.5. The Labute approximate surface area is 155 Å². The highest BCUT2D eigenvalue weighted by Gasteiger charge is 2.04. The minimum Gasteiger partial charge on any atom is -0.493 e. The number of hydrogen-bond donors (Lipinski definition) is 3. The quantitative estimate of drug-likeness (QED) is 0.226. The van der Waals surface area contributed by atoms with Gasteiger partial charge in [-0.1, -0.05) is 18.9 Å². The van der Waals surface area contributed by atoms with Crippen molar-refractivity contribution in [1.82, 2.24) is 5.32 Å². The van der Waals surface area contributed by atoms with Crippen LogP contribution in [-0.2, 0) is 6.54 Å². The molecular weight excluding hydrogens is 409 g/mol. The zero-order chi connectivity index (χ0) is 16.2. The number of benzene rings is 1. The Morgan fingerprint density at radius 2 is 1.83 bits per heavy atom. The maximum Gasteiger partial charge on any atom is 0.188 e. The number of aliphatic imine (C=N–C) groups is 1. The maximum absolute atomic E-state index is 8.69. The summed E-state index contributed by atoms with van der Waals surface area (Å²) in [5.74, 6) is 1.83. The van der Waals surface area contributed by atoms with E-state index in [2.05, 4.69) is 10.3 Å². The molecule has 1 aromatic rings. The lowest BCUT2D eigenvalue weighted by Crippen LogP contribution is -2.32. The second kappa shape index (κ2) is 13.2. The first kappa shape index (κ1) is 21.8. The number of nitrogens with two attached hydrogens (primary N) is 1. The van der Waals surface area contributed by atoms with Crippen LogP contribution in [0, 0.1) is 0 Å². The van der Waals surface area contributed by atoms with E-state index in [9.17, 15) is 0 Å². The van der Waals surface area contributed by atoms with E-state index >= 15 is 0 Å². The molecule has 23 heavy (non-hydrogen) atoms. The van der Waals surface area contributed by atoms with Crippen LogP contribution in [0.2, 0.25) is 0 Å². The molecule has 0 radical (unpaired) electrons. The van der Waals surface area contributed by atoms with E-state index < -0.39 is 0 Å². The third-order valence-corrected chi connectivity index (χ3v) is 3.27. The molecule has 7 heteroatoms. The molecule has 0 heterocycles. The average molecular weight is 437 g/mol. The van der Waals surface area contributed by atoms with Crippen LogP contribution in [0.5, 0.6) is 11.5 Å². The van der Waals surface area contributed by atoms with Crippen LogP contribution < -0.4 is 20.5 Å². The van der Waals surface area contributed by atoms with Gasteiger partial charge in [-0.05, 0) is 30.5 Å². The lowest BCUT2D eigenvalue weighted by molar-refractivity contribution is 0.282. The van der Waals surface area contributed by atoms with Crippen molar-refractivity contribution in [2.24, 2.45) is 10.7 Å². The highest BCUT2D eigenvalue weighted by Crippen LogP contribution is 2.27. The molecule has 1 rings (SSSR count). The van der Waals surface area contributed by atoms with Gasteiger partial charge < -0.3 is 25.6 Å². The summed E-state index contributed by atoms with van der Waals surface area (Å²) in [4.78, 5) is 4.31. The molecule has 1 aromatic carbocycles. The van der Waals surface area contributed by atoms with Crippen LogP contribution in [0.1, 0.15) is 31.2 Å². The van der Waals surface area contributed by atoms with Gasteiger partial charge in [0, 0.05) is 13.2 Å². The standard InChI is InChI=1S/C16H27N3O3.HI/c1-21-14-8-7-13(11-15(14)22-2)12-19-16(17)18-9-5-3-4-6-10-20;/h7-8,11,20H,3-6,9-10,12H2,1-2H3,(H3,17,18,19);1H. The molecule has 132 valence electrons. The monoisotopic (exact) mass is 437 g/mol. The summed E-state index contributed by atoms with van der Waals surface area (Å²) in [7, 11) is 3.22. The highest BCUT2D eigenvalue weighted by molar-refractivity contribution is 14.0. The Morgan fingerprint density at radius 1 is 1.13 bits per heavy atom. The fourth-order valence-corrected chi connectivity index (χ4v) is 2.02. The first-order valence-corrected chi connectivity index (χ1v) is 7.56. The Hall–Kier alpha value is -1.22. The first-order chi connectivity index (χ1) is 10.7. The maximum atomic E-state index is 8.69. The summed E-state index contributed by atoms with van der Waals surface area (Å²) in [6.07, 6.45) is 4.01. The number of unbranched alkanes of at least 4 members (excludes halogenated alkanes) is 3. The highest BCUT2D eigenvalue weighted by atomic mass is 127. The van der Waals surface area contributed by atoms with E-state index in [-0.39, 0.29) is 30.6 Å². The number of hydrogen-bond acceptors (Lipinski definition) is 4. The van der Waals surface area contributed by atoms with E-state index in [0.29, 0.717) is 24.0 Å². The van der Waals surface area contributed by atoms with Gasteiger partial charge >= 0.3 is 0 Å². The van der Waals surface area contributed by atoms with Crippen molar-refractivity contribution in [3.63, 3.8) is 0 Å². The summed E-state index contributed by atoms with van der Waals surface area (Å²) in [5.41, 5.74) is 6.84. The summed E-state index contributed by atoms with van der Waals surface area (Å²) in [6.45, 7) is 1.55. The molecule has 0 spiro atoms. The van der Waals surface area contributed by atoms with E-state index in [1.165, 1.54) is 0 Å². The normalized spacial score (nSPS) is 10.8. The Kier molecular flexibility index (Phi) is 12.5. The minimum absolute atomic E-state index is 0. The van der Waals surface area contributed by atoms with Crippen molar-refractivity contribution in [2.45, 2.75) is 32.2 Å². The largest absolute Gasteiger partial charge is 0.493 e. The van der Waals surface area contributed by atoms with Gasteiger partial charge in [0.1, 0.15) is 0 Å². The Morgan fingerprint density at radius 3 is 2.48 bits per heavy atom. The van der Waals surface area contributed by atoms with Gasteiger partial charge in [-0.25, -0.2) is 4.99 Å². The number of rotatable bonds is 10. The molecule has 6 nitrogen and oxygen atoms in total. The zero-order valence-electron chi connectivity index (χ0n) is 13.9. The van der Waals surface area contributed by atoms with Crippen molar-refractivity contribution in [3.8, 4) is 11.5 Å². The third kappa shape index (κ3) is 8.85. The second-order valence-electron chi connectivity index (χ2n) is 4.96. The molecule has 0 aliphatic carbocycles. The number of aliphatic hydroxyl groups excluding tert-OH is 1. The van der Waals surface area contributed by atoms with Crippen LogP contribution in [0.15, 0.2) is 23.2 Å². The lowest BCUT2D eigenvalue weighted by Gasteiger charge is -2.09. The third-order valence-electron chi connectivity index (χ3n) is 3.27. The summed E-state index contributed by atoms with van der Waals surface area (Å²) >= 11 is 0. The van der Waals surface area contributed by atoms with E-state index in [0.717, 1.165) is 37.8 Å². The number of nitrogens with zero attached hydrogens (tertiary/aromatic N) is 1. The second-order valence-corrected chi connectivity index (χ2v) is 4.96.